The van der Waals surface area contributed by atoms with Gasteiger partial charge in [-0.25, -0.2) is 0 Å². The quantitative estimate of drug-likeness (QED) is 0.823. The summed E-state index contributed by atoms with van der Waals surface area (Å²) >= 11 is 13.2. The molecule has 1 heterocycles. The van der Waals surface area contributed by atoms with Crippen molar-refractivity contribution >= 4 is 51.8 Å². The van der Waals surface area contributed by atoms with Gasteiger partial charge in [0.25, 0.3) is 5.91 Å². The van der Waals surface area contributed by atoms with E-state index in [1.54, 1.807) is 0 Å². The SMILES string of the molecule is Nc1c(Cl)cc(C(=O)Nc2ccsc2)cc1Cl. The van der Waals surface area contributed by atoms with Gasteiger partial charge in [0.1, 0.15) is 0 Å². The summed E-state index contributed by atoms with van der Waals surface area (Å²) in [6.45, 7) is 0. The number of thiophene rings is 1. The van der Waals surface area contributed by atoms with Crippen molar-refractivity contribution in [2.45, 2.75) is 0 Å². The van der Waals surface area contributed by atoms with E-state index in [1.807, 2.05) is 16.8 Å². The number of rotatable bonds is 2. The molecule has 0 unspecified atom stereocenters. The van der Waals surface area contributed by atoms with Gasteiger partial charge in [-0.3, -0.25) is 4.79 Å². The van der Waals surface area contributed by atoms with Crippen molar-refractivity contribution in [3.8, 4) is 0 Å². The Balaban J connectivity index is 2.26. The second kappa shape index (κ2) is 4.96. The highest BCUT2D eigenvalue weighted by Gasteiger charge is 2.11. The Bertz CT molecular complexity index is 532. The first-order chi connectivity index (χ1) is 8.08. The lowest BCUT2D eigenvalue weighted by Crippen LogP contribution is -2.11. The molecule has 2 rings (SSSR count). The molecule has 0 bridgehead atoms. The van der Waals surface area contributed by atoms with Crippen molar-refractivity contribution in [3.63, 3.8) is 0 Å². The molecule has 1 aromatic heterocycles. The van der Waals surface area contributed by atoms with Crippen LogP contribution in [0.2, 0.25) is 10.0 Å². The molecule has 0 saturated carbocycles. The molecular formula is C11H8Cl2N2OS. The Labute approximate surface area is 112 Å². The van der Waals surface area contributed by atoms with Crippen LogP contribution < -0.4 is 11.1 Å². The van der Waals surface area contributed by atoms with Gasteiger partial charge in [-0.05, 0) is 23.6 Å². The van der Waals surface area contributed by atoms with Crippen LogP contribution in [0.25, 0.3) is 0 Å². The number of nitrogen functional groups attached to an aromatic ring is 1. The molecule has 0 aliphatic heterocycles. The van der Waals surface area contributed by atoms with Crippen LogP contribution in [-0.4, -0.2) is 5.91 Å². The molecule has 0 atom stereocenters. The van der Waals surface area contributed by atoms with Gasteiger partial charge < -0.3 is 11.1 Å². The second-order valence-electron chi connectivity index (χ2n) is 3.32. The van der Waals surface area contributed by atoms with Crippen LogP contribution in [0.4, 0.5) is 11.4 Å². The molecule has 0 saturated heterocycles. The average Bonchev–Trinajstić information content (AvgIpc) is 2.77. The van der Waals surface area contributed by atoms with E-state index in [2.05, 4.69) is 5.32 Å². The molecule has 0 radical (unpaired) electrons. The monoisotopic (exact) mass is 286 g/mol. The van der Waals surface area contributed by atoms with E-state index >= 15 is 0 Å². The number of carbonyl (C=O) groups excluding carboxylic acids is 1. The van der Waals surface area contributed by atoms with Crippen molar-refractivity contribution < 1.29 is 4.79 Å². The Morgan fingerprint density at radius 3 is 2.47 bits per heavy atom. The number of amides is 1. The highest BCUT2D eigenvalue weighted by Crippen LogP contribution is 2.29. The van der Waals surface area contributed by atoms with Gasteiger partial charge >= 0.3 is 0 Å². The standard InChI is InChI=1S/C11H8Cl2N2OS/c12-8-3-6(4-9(13)10(8)14)11(16)15-7-1-2-17-5-7/h1-5H,14H2,(H,15,16). The van der Waals surface area contributed by atoms with Gasteiger partial charge in [-0.2, -0.15) is 11.3 Å². The maximum absolute atomic E-state index is 11.9. The lowest BCUT2D eigenvalue weighted by molar-refractivity contribution is 0.102. The average molecular weight is 287 g/mol. The normalized spacial score (nSPS) is 10.2. The lowest BCUT2D eigenvalue weighted by Gasteiger charge is -2.06. The van der Waals surface area contributed by atoms with Crippen LogP contribution in [0.5, 0.6) is 0 Å². The summed E-state index contributed by atoms with van der Waals surface area (Å²) in [5, 5.41) is 6.97. The molecule has 1 aromatic carbocycles. The van der Waals surface area contributed by atoms with Crippen molar-refractivity contribution in [1.29, 1.82) is 0 Å². The minimum absolute atomic E-state index is 0.271. The topological polar surface area (TPSA) is 55.1 Å². The van der Waals surface area contributed by atoms with Gasteiger partial charge in [-0.1, -0.05) is 23.2 Å². The Hall–Kier alpha value is -1.23. The van der Waals surface area contributed by atoms with Crippen molar-refractivity contribution in [2.24, 2.45) is 0 Å². The molecule has 3 N–H and O–H groups in total. The molecular weight excluding hydrogens is 279 g/mol. The van der Waals surface area contributed by atoms with Gasteiger partial charge in [-0.15, -0.1) is 0 Å². The number of halogens is 2. The summed E-state index contributed by atoms with van der Waals surface area (Å²) in [6, 6.07) is 4.79. The first kappa shape index (κ1) is 12.2. The number of benzene rings is 1. The van der Waals surface area contributed by atoms with Crippen LogP contribution in [0.15, 0.2) is 29.0 Å². The van der Waals surface area contributed by atoms with Crippen molar-refractivity contribution in [3.05, 3.63) is 44.6 Å². The van der Waals surface area contributed by atoms with E-state index in [9.17, 15) is 4.79 Å². The molecule has 6 heteroatoms. The fourth-order valence-electron chi connectivity index (χ4n) is 1.25. The highest BCUT2D eigenvalue weighted by atomic mass is 35.5. The summed E-state index contributed by atoms with van der Waals surface area (Å²) in [5.41, 5.74) is 6.99. The fourth-order valence-corrected chi connectivity index (χ4v) is 2.33. The first-order valence-corrected chi connectivity index (χ1v) is 6.36. The number of nitrogens with two attached hydrogens (primary N) is 1. The van der Waals surface area contributed by atoms with E-state index in [4.69, 9.17) is 28.9 Å². The highest BCUT2D eigenvalue weighted by molar-refractivity contribution is 7.08. The van der Waals surface area contributed by atoms with Crippen molar-refractivity contribution in [2.75, 3.05) is 11.1 Å². The maximum Gasteiger partial charge on any atom is 0.255 e. The number of hydrogen-bond acceptors (Lipinski definition) is 3. The molecule has 0 aliphatic rings. The van der Waals surface area contributed by atoms with Crippen LogP contribution in [0.1, 0.15) is 10.4 Å². The third-order valence-electron chi connectivity index (χ3n) is 2.12. The van der Waals surface area contributed by atoms with Crippen LogP contribution in [-0.2, 0) is 0 Å². The smallest absolute Gasteiger partial charge is 0.255 e. The molecule has 88 valence electrons. The maximum atomic E-state index is 11.9. The van der Waals surface area contributed by atoms with Crippen LogP contribution >= 0.6 is 34.5 Å². The zero-order chi connectivity index (χ0) is 12.4. The van der Waals surface area contributed by atoms with Gasteiger partial charge in [0, 0.05) is 10.9 Å². The molecule has 0 fully saturated rings. The minimum atomic E-state index is -0.271. The third-order valence-corrected chi connectivity index (χ3v) is 3.43. The molecule has 1 amide bonds. The summed E-state index contributed by atoms with van der Waals surface area (Å²) in [6.07, 6.45) is 0. The second-order valence-corrected chi connectivity index (χ2v) is 4.91. The van der Waals surface area contributed by atoms with Gasteiger partial charge in [0.2, 0.25) is 0 Å². The first-order valence-electron chi connectivity index (χ1n) is 4.66. The minimum Gasteiger partial charge on any atom is -0.396 e. The summed E-state index contributed by atoms with van der Waals surface area (Å²) in [4.78, 5) is 11.9. The lowest BCUT2D eigenvalue weighted by atomic mass is 10.2. The number of nitrogens with one attached hydrogen (secondary N) is 1. The summed E-state index contributed by atoms with van der Waals surface area (Å²) in [5.74, 6) is -0.271. The molecule has 17 heavy (non-hydrogen) atoms. The van der Waals surface area contributed by atoms with E-state index in [0.717, 1.165) is 5.69 Å². The third kappa shape index (κ3) is 2.72. The Kier molecular flexibility index (Phi) is 3.57. The zero-order valence-electron chi connectivity index (χ0n) is 8.54. The zero-order valence-corrected chi connectivity index (χ0v) is 10.9. The predicted molar refractivity (Wildman–Crippen MR) is 73.1 cm³/mol. The summed E-state index contributed by atoms with van der Waals surface area (Å²) in [7, 11) is 0. The van der Waals surface area contributed by atoms with E-state index in [0.29, 0.717) is 5.56 Å². The van der Waals surface area contributed by atoms with E-state index < -0.39 is 0 Å². The van der Waals surface area contributed by atoms with Gasteiger partial charge in [0.05, 0.1) is 21.4 Å². The molecule has 2 aromatic rings. The van der Waals surface area contributed by atoms with Crippen molar-refractivity contribution in [1.82, 2.24) is 0 Å². The fraction of sp³-hybridized carbons (Fsp3) is 0. The van der Waals surface area contributed by atoms with Crippen LogP contribution in [0.3, 0.4) is 0 Å². The largest absolute Gasteiger partial charge is 0.396 e. The molecule has 3 nitrogen and oxygen atoms in total. The van der Waals surface area contributed by atoms with Gasteiger partial charge in [0.15, 0.2) is 0 Å². The molecule has 0 aliphatic carbocycles. The number of anilines is 2. The number of carbonyl (C=O) groups is 1. The van der Waals surface area contributed by atoms with E-state index in [-0.39, 0.29) is 21.6 Å². The number of hydrogen-bond donors (Lipinski definition) is 2. The van der Waals surface area contributed by atoms with E-state index in [1.165, 1.54) is 23.5 Å². The molecule has 0 spiro atoms. The van der Waals surface area contributed by atoms with Crippen LogP contribution in [0, 0.1) is 0 Å². The summed E-state index contributed by atoms with van der Waals surface area (Å²) < 4.78 is 0. The Morgan fingerprint density at radius 1 is 1.29 bits per heavy atom. The predicted octanol–water partition coefficient (Wildman–Crippen LogP) is 3.89. The Morgan fingerprint density at radius 2 is 1.94 bits per heavy atom.